The lowest BCUT2D eigenvalue weighted by molar-refractivity contribution is 0.191. The van der Waals surface area contributed by atoms with E-state index < -0.39 is 8.07 Å². The molecule has 1 N–H and O–H groups in total. The smallest absolute Gasteiger partial charge is 0.0587 e. The first kappa shape index (κ1) is 14.2. The maximum Gasteiger partial charge on any atom is 0.0587 e. The van der Waals surface area contributed by atoms with Crippen LogP contribution >= 0.6 is 0 Å². The highest BCUT2D eigenvalue weighted by Crippen LogP contribution is 2.49. The van der Waals surface area contributed by atoms with Gasteiger partial charge in [-0.1, -0.05) is 32.6 Å². The highest BCUT2D eigenvalue weighted by atomic mass is 28.3. The molecule has 1 atom stereocenters. The molecule has 0 aromatic heterocycles. The van der Waals surface area contributed by atoms with Gasteiger partial charge in [0, 0.05) is 28.3 Å². The van der Waals surface area contributed by atoms with Crippen molar-refractivity contribution in [3.8, 4) is 0 Å². The molecule has 0 radical (unpaired) electrons. The number of methoxy groups -OCH3 is 1. The van der Waals surface area contributed by atoms with Crippen molar-refractivity contribution in [2.45, 2.75) is 45.5 Å². The Morgan fingerprint density at radius 3 is 2.38 bits per heavy atom. The Morgan fingerprint density at radius 2 is 1.94 bits per heavy atom. The van der Waals surface area contributed by atoms with E-state index in [4.69, 9.17) is 4.74 Å². The molecule has 0 spiro atoms. The first-order valence-electron chi connectivity index (χ1n) is 6.57. The van der Waals surface area contributed by atoms with Crippen molar-refractivity contribution in [3.05, 3.63) is 0 Å². The highest BCUT2D eigenvalue weighted by Gasteiger charge is 2.43. The zero-order valence-electron chi connectivity index (χ0n) is 11.7. The monoisotopic (exact) mass is 243 g/mol. The number of ether oxygens (including phenoxy) is 1. The minimum absolute atomic E-state index is 0.540. The van der Waals surface area contributed by atoms with Crippen molar-refractivity contribution in [3.63, 3.8) is 0 Å². The summed E-state index contributed by atoms with van der Waals surface area (Å²) in [4.78, 5) is 0. The molecule has 0 saturated heterocycles. The third kappa shape index (κ3) is 4.98. The van der Waals surface area contributed by atoms with Gasteiger partial charge < -0.3 is 10.1 Å². The van der Waals surface area contributed by atoms with Gasteiger partial charge in [0.15, 0.2) is 0 Å². The summed E-state index contributed by atoms with van der Waals surface area (Å²) in [5.41, 5.74) is 0.540. The molecular formula is C13H29NOSi. The van der Waals surface area contributed by atoms with Gasteiger partial charge in [0.05, 0.1) is 6.61 Å². The highest BCUT2D eigenvalue weighted by molar-refractivity contribution is 6.76. The minimum Gasteiger partial charge on any atom is -0.383 e. The summed E-state index contributed by atoms with van der Waals surface area (Å²) < 4.78 is 5.08. The van der Waals surface area contributed by atoms with Gasteiger partial charge in [0.25, 0.3) is 0 Å². The van der Waals surface area contributed by atoms with Crippen LogP contribution in [0.15, 0.2) is 0 Å². The van der Waals surface area contributed by atoms with Gasteiger partial charge >= 0.3 is 0 Å². The molecule has 3 heteroatoms. The minimum atomic E-state index is -0.955. The molecule has 1 unspecified atom stereocenters. The van der Waals surface area contributed by atoms with E-state index in [1.807, 2.05) is 0 Å². The van der Waals surface area contributed by atoms with E-state index in [2.05, 4.69) is 31.9 Å². The topological polar surface area (TPSA) is 21.3 Å². The summed E-state index contributed by atoms with van der Waals surface area (Å²) in [6.07, 6.45) is 2.90. The van der Waals surface area contributed by atoms with Crippen molar-refractivity contribution in [2.24, 2.45) is 11.3 Å². The molecule has 1 saturated carbocycles. The molecule has 1 rings (SSSR count). The Labute approximate surface area is 102 Å². The second kappa shape index (κ2) is 5.65. The van der Waals surface area contributed by atoms with Crippen LogP contribution in [0.1, 0.15) is 19.8 Å². The molecule has 96 valence electrons. The van der Waals surface area contributed by atoms with Crippen LogP contribution in [0.25, 0.3) is 0 Å². The number of rotatable bonds is 8. The van der Waals surface area contributed by atoms with Crippen molar-refractivity contribution in [1.29, 1.82) is 0 Å². The Morgan fingerprint density at radius 1 is 1.31 bits per heavy atom. The molecule has 0 aromatic carbocycles. The lowest BCUT2D eigenvalue weighted by Gasteiger charge is -2.35. The molecule has 0 amide bonds. The Bertz CT molecular complexity index is 210. The summed E-state index contributed by atoms with van der Waals surface area (Å²) in [6.45, 7) is 12.9. The lowest BCUT2D eigenvalue weighted by Crippen LogP contribution is -2.40. The van der Waals surface area contributed by atoms with Gasteiger partial charge in [0.2, 0.25) is 0 Å². The van der Waals surface area contributed by atoms with Crippen molar-refractivity contribution >= 4 is 8.07 Å². The third-order valence-electron chi connectivity index (χ3n) is 3.51. The molecule has 0 bridgehead atoms. The SMILES string of the molecule is COCCNCC(C)(C[Si](C)(C)C)C1CC1. The second-order valence-corrected chi connectivity index (χ2v) is 12.3. The maximum atomic E-state index is 5.08. The van der Waals surface area contributed by atoms with Gasteiger partial charge in [-0.3, -0.25) is 0 Å². The van der Waals surface area contributed by atoms with E-state index in [-0.39, 0.29) is 0 Å². The predicted molar refractivity (Wildman–Crippen MR) is 73.7 cm³/mol. The van der Waals surface area contributed by atoms with Crippen LogP contribution in [0.2, 0.25) is 25.7 Å². The van der Waals surface area contributed by atoms with Crippen LogP contribution in [0.4, 0.5) is 0 Å². The van der Waals surface area contributed by atoms with Gasteiger partial charge in [-0.05, 0) is 24.2 Å². The van der Waals surface area contributed by atoms with Gasteiger partial charge in [0.1, 0.15) is 0 Å². The third-order valence-corrected chi connectivity index (χ3v) is 5.38. The number of hydrogen-bond donors (Lipinski definition) is 1. The molecule has 0 aliphatic heterocycles. The van der Waals surface area contributed by atoms with E-state index in [0.29, 0.717) is 5.41 Å². The number of hydrogen-bond acceptors (Lipinski definition) is 2. The summed E-state index contributed by atoms with van der Waals surface area (Å²) in [5, 5.41) is 3.57. The van der Waals surface area contributed by atoms with Crippen LogP contribution < -0.4 is 5.32 Å². The van der Waals surface area contributed by atoms with Crippen LogP contribution in [0.3, 0.4) is 0 Å². The Hall–Kier alpha value is 0.137. The first-order chi connectivity index (χ1) is 7.37. The van der Waals surface area contributed by atoms with Gasteiger partial charge in [-0.15, -0.1) is 0 Å². The predicted octanol–water partition coefficient (Wildman–Crippen LogP) is 2.98. The van der Waals surface area contributed by atoms with Crippen molar-refractivity contribution in [1.82, 2.24) is 5.32 Å². The Balaban J connectivity index is 2.39. The standard InChI is InChI=1S/C13H29NOSi/c1-13(12-6-7-12,11-16(3,4)5)10-14-8-9-15-2/h12,14H,6-11H2,1-5H3. The number of nitrogens with one attached hydrogen (secondary N) is 1. The zero-order chi connectivity index (χ0) is 12.2. The normalized spacial score (nSPS) is 20.8. The van der Waals surface area contributed by atoms with Gasteiger partial charge in [-0.2, -0.15) is 0 Å². The first-order valence-corrected chi connectivity index (χ1v) is 10.3. The zero-order valence-corrected chi connectivity index (χ0v) is 12.7. The summed E-state index contributed by atoms with van der Waals surface area (Å²) in [5.74, 6) is 0.981. The van der Waals surface area contributed by atoms with E-state index >= 15 is 0 Å². The Kier molecular flexibility index (Phi) is 5.01. The molecule has 1 aliphatic rings. The summed E-state index contributed by atoms with van der Waals surface area (Å²) in [7, 11) is 0.813. The van der Waals surface area contributed by atoms with Gasteiger partial charge in [-0.25, -0.2) is 0 Å². The fourth-order valence-electron chi connectivity index (χ4n) is 2.89. The summed E-state index contributed by atoms with van der Waals surface area (Å²) in [6, 6.07) is 1.45. The second-order valence-electron chi connectivity index (χ2n) is 6.84. The van der Waals surface area contributed by atoms with E-state index in [9.17, 15) is 0 Å². The molecule has 1 aliphatic carbocycles. The van der Waals surface area contributed by atoms with E-state index in [1.165, 1.54) is 25.4 Å². The molecule has 16 heavy (non-hydrogen) atoms. The van der Waals surface area contributed by atoms with Crippen molar-refractivity contribution < 1.29 is 4.74 Å². The molecular weight excluding hydrogens is 214 g/mol. The summed E-state index contributed by atoms with van der Waals surface area (Å²) >= 11 is 0. The fraction of sp³-hybridized carbons (Fsp3) is 1.00. The molecule has 1 fully saturated rings. The quantitative estimate of drug-likeness (QED) is 0.523. The van der Waals surface area contributed by atoms with Crippen LogP contribution in [-0.4, -0.2) is 34.9 Å². The van der Waals surface area contributed by atoms with Crippen molar-refractivity contribution in [2.75, 3.05) is 26.8 Å². The molecule has 0 heterocycles. The average molecular weight is 243 g/mol. The van der Waals surface area contributed by atoms with Crippen LogP contribution in [0, 0.1) is 11.3 Å². The largest absolute Gasteiger partial charge is 0.383 e. The van der Waals surface area contributed by atoms with E-state index in [1.54, 1.807) is 7.11 Å². The lowest BCUT2D eigenvalue weighted by atomic mass is 9.87. The molecule has 2 nitrogen and oxygen atoms in total. The van der Waals surface area contributed by atoms with E-state index in [0.717, 1.165) is 19.1 Å². The maximum absolute atomic E-state index is 5.08. The fourth-order valence-corrected chi connectivity index (χ4v) is 5.73. The van der Waals surface area contributed by atoms with Crippen LogP contribution in [0.5, 0.6) is 0 Å². The molecule has 0 aromatic rings. The van der Waals surface area contributed by atoms with Crippen LogP contribution in [-0.2, 0) is 4.74 Å². The average Bonchev–Trinajstić information content (AvgIpc) is 2.92.